The Morgan fingerprint density at radius 1 is 1.03 bits per heavy atom. The third kappa shape index (κ3) is 8.96. The third-order valence-electron chi connectivity index (χ3n) is 6.39. The molecule has 9 heteroatoms. The number of rotatable bonds is 12. The lowest BCUT2D eigenvalue weighted by Gasteiger charge is -2.31. The maximum absolute atomic E-state index is 13.2. The van der Waals surface area contributed by atoms with Gasteiger partial charge in [0.2, 0.25) is 0 Å². The standard InChI is InChI=1S/C29H47N3O5S/c1-18(2)13-11-10-12-14-36-24(34)19(3)29(25(35)37-38,32-26(30)31)17-20-15-21(27(4,5)6)23(33)22(16-20)28(7,8)9/h15-16,18,33,38H,3,10-14,17H2,1-2,4-9H3,(H4,30,31,32). The zero-order valence-corrected chi connectivity index (χ0v) is 25.2. The van der Waals surface area contributed by atoms with E-state index in [1.54, 1.807) is 12.1 Å². The fourth-order valence-electron chi connectivity index (χ4n) is 4.24. The molecule has 0 bridgehead atoms. The molecule has 0 fully saturated rings. The zero-order chi connectivity index (χ0) is 29.5. The Morgan fingerprint density at radius 2 is 1.55 bits per heavy atom. The Hall–Kier alpha value is -2.68. The summed E-state index contributed by atoms with van der Waals surface area (Å²) in [6.45, 7) is 20.2. The van der Waals surface area contributed by atoms with Gasteiger partial charge in [-0.2, -0.15) is 0 Å². The maximum atomic E-state index is 13.2. The molecule has 0 saturated heterocycles. The second-order valence-electron chi connectivity index (χ2n) is 12.3. The van der Waals surface area contributed by atoms with Crippen LogP contribution in [-0.2, 0) is 35.8 Å². The van der Waals surface area contributed by atoms with Crippen molar-refractivity contribution in [2.75, 3.05) is 6.61 Å². The highest BCUT2D eigenvalue weighted by atomic mass is 32.1. The van der Waals surface area contributed by atoms with Gasteiger partial charge in [0, 0.05) is 19.3 Å². The highest BCUT2D eigenvalue weighted by Crippen LogP contribution is 2.41. The summed E-state index contributed by atoms with van der Waals surface area (Å²) in [7, 11) is 0. The number of guanidine groups is 1. The molecule has 1 aromatic rings. The van der Waals surface area contributed by atoms with Gasteiger partial charge in [-0.1, -0.05) is 93.4 Å². The number of esters is 1. The van der Waals surface area contributed by atoms with Crippen LogP contribution < -0.4 is 11.5 Å². The van der Waals surface area contributed by atoms with E-state index in [1.807, 2.05) is 41.5 Å². The first kappa shape index (κ1) is 33.3. The minimum atomic E-state index is -2.02. The predicted octanol–water partition coefficient (Wildman–Crippen LogP) is 5.25. The summed E-state index contributed by atoms with van der Waals surface area (Å²) in [5.41, 5.74) is 10.3. The Bertz CT molecular complexity index is 999. The number of phenols is 1. The van der Waals surface area contributed by atoms with E-state index < -0.39 is 34.3 Å². The number of aliphatic imine (C=N–C) groups is 1. The van der Waals surface area contributed by atoms with E-state index >= 15 is 0 Å². The van der Waals surface area contributed by atoms with Crippen LogP contribution >= 0.6 is 12.9 Å². The SMILES string of the molecule is C=C(C(=O)OCCCCCC(C)C)C(Cc1cc(C(C)(C)C)c(O)c(C(C)(C)C)c1)(N=C(N)N)C(=O)OS. The summed E-state index contributed by atoms with van der Waals surface area (Å²) in [4.78, 5) is 30.4. The van der Waals surface area contributed by atoms with E-state index in [0.717, 1.165) is 19.3 Å². The highest BCUT2D eigenvalue weighted by Gasteiger charge is 2.47. The molecular weight excluding hydrogens is 502 g/mol. The van der Waals surface area contributed by atoms with E-state index in [1.165, 1.54) is 0 Å². The van der Waals surface area contributed by atoms with Gasteiger partial charge in [0.15, 0.2) is 11.5 Å². The number of carbonyl (C=O) groups is 2. The zero-order valence-electron chi connectivity index (χ0n) is 24.3. The van der Waals surface area contributed by atoms with Gasteiger partial charge in [0.1, 0.15) is 5.75 Å². The number of benzene rings is 1. The lowest BCUT2D eigenvalue weighted by molar-refractivity contribution is -0.145. The number of hydrogen-bond donors (Lipinski definition) is 4. The molecule has 0 aliphatic rings. The number of nitrogens with two attached hydrogens (primary N) is 2. The van der Waals surface area contributed by atoms with Crippen LogP contribution in [0.3, 0.4) is 0 Å². The number of ether oxygens (including phenoxy) is 1. The van der Waals surface area contributed by atoms with Gasteiger partial charge in [0.05, 0.1) is 12.2 Å². The quantitative estimate of drug-likeness (QED) is 0.0532. The van der Waals surface area contributed by atoms with E-state index in [2.05, 4.69) is 38.3 Å². The third-order valence-corrected chi connectivity index (χ3v) is 6.56. The number of phenolic OH excluding ortho intramolecular Hbond substituents is 1. The molecule has 0 radical (unpaired) electrons. The van der Waals surface area contributed by atoms with Crippen molar-refractivity contribution in [3.05, 3.63) is 41.0 Å². The largest absolute Gasteiger partial charge is 0.507 e. The van der Waals surface area contributed by atoms with Crippen LogP contribution in [0, 0.1) is 5.92 Å². The molecule has 0 aliphatic heterocycles. The van der Waals surface area contributed by atoms with Gasteiger partial charge < -0.3 is 25.5 Å². The lowest BCUT2D eigenvalue weighted by atomic mass is 9.76. The van der Waals surface area contributed by atoms with Crippen molar-refractivity contribution in [3.8, 4) is 5.75 Å². The molecule has 38 heavy (non-hydrogen) atoms. The molecule has 1 unspecified atom stereocenters. The summed E-state index contributed by atoms with van der Waals surface area (Å²) in [5.74, 6) is -1.42. The monoisotopic (exact) mass is 549 g/mol. The second-order valence-corrected chi connectivity index (χ2v) is 12.5. The van der Waals surface area contributed by atoms with E-state index in [9.17, 15) is 14.7 Å². The van der Waals surface area contributed by atoms with Gasteiger partial charge in [-0.25, -0.2) is 14.6 Å². The smallest absolute Gasteiger partial charge is 0.351 e. The van der Waals surface area contributed by atoms with Crippen molar-refractivity contribution in [2.45, 2.75) is 104 Å². The minimum Gasteiger partial charge on any atom is -0.507 e. The molecule has 0 heterocycles. The van der Waals surface area contributed by atoms with Crippen LogP contribution in [-0.4, -0.2) is 35.2 Å². The van der Waals surface area contributed by atoms with Crippen molar-refractivity contribution in [2.24, 2.45) is 22.4 Å². The summed E-state index contributed by atoms with van der Waals surface area (Å²) in [5, 5.41) is 11.1. The van der Waals surface area contributed by atoms with Gasteiger partial charge in [-0.15, -0.1) is 0 Å². The number of nitrogens with zero attached hydrogens (tertiary/aromatic N) is 1. The summed E-state index contributed by atoms with van der Waals surface area (Å²) >= 11 is 3.70. The topological polar surface area (TPSA) is 137 Å². The van der Waals surface area contributed by atoms with Gasteiger partial charge in [0.25, 0.3) is 0 Å². The minimum absolute atomic E-state index is 0.168. The van der Waals surface area contributed by atoms with Gasteiger partial charge >= 0.3 is 11.9 Å². The number of carbonyl (C=O) groups excluding carboxylic acids is 2. The average molecular weight is 550 g/mol. The van der Waals surface area contributed by atoms with Crippen molar-refractivity contribution in [3.63, 3.8) is 0 Å². The molecule has 214 valence electrons. The van der Waals surface area contributed by atoms with Crippen molar-refractivity contribution >= 4 is 30.8 Å². The van der Waals surface area contributed by atoms with Crippen molar-refractivity contribution in [1.82, 2.24) is 0 Å². The number of hydrogen-bond acceptors (Lipinski definition) is 7. The maximum Gasteiger partial charge on any atom is 0.351 e. The molecule has 0 saturated carbocycles. The van der Waals surface area contributed by atoms with E-state index in [-0.39, 0.29) is 24.4 Å². The fourth-order valence-corrected chi connectivity index (χ4v) is 4.39. The molecule has 8 nitrogen and oxygen atoms in total. The first-order valence-corrected chi connectivity index (χ1v) is 13.4. The summed E-state index contributed by atoms with van der Waals surface area (Å²) in [6, 6.07) is 3.56. The van der Waals surface area contributed by atoms with E-state index in [0.29, 0.717) is 29.0 Å². The Labute approximate surface area is 233 Å². The van der Waals surface area contributed by atoms with Crippen LogP contribution in [0.4, 0.5) is 0 Å². The normalized spacial score (nSPS) is 13.5. The van der Waals surface area contributed by atoms with Crippen LogP contribution in [0.5, 0.6) is 5.75 Å². The summed E-state index contributed by atoms with van der Waals surface area (Å²) in [6.07, 6.45) is 3.56. The molecule has 1 atom stereocenters. The molecule has 0 aromatic heterocycles. The average Bonchev–Trinajstić information content (AvgIpc) is 2.78. The molecule has 5 N–H and O–H groups in total. The highest BCUT2D eigenvalue weighted by molar-refractivity contribution is 7.75. The number of unbranched alkanes of at least 4 members (excludes halogenated alkanes) is 2. The molecule has 1 aromatic carbocycles. The van der Waals surface area contributed by atoms with Crippen LogP contribution in [0.1, 0.15) is 97.8 Å². The first-order valence-electron chi connectivity index (χ1n) is 13.1. The van der Waals surface area contributed by atoms with Gasteiger partial charge in [-0.3, -0.25) is 0 Å². The van der Waals surface area contributed by atoms with Gasteiger partial charge in [-0.05, 0) is 39.9 Å². The predicted molar refractivity (Wildman–Crippen MR) is 156 cm³/mol. The fraction of sp³-hybridized carbons (Fsp3) is 0.621. The summed E-state index contributed by atoms with van der Waals surface area (Å²) < 4.78 is 10.2. The Morgan fingerprint density at radius 3 is 1.97 bits per heavy atom. The molecule has 1 rings (SSSR count). The lowest BCUT2D eigenvalue weighted by Crippen LogP contribution is -2.47. The van der Waals surface area contributed by atoms with Crippen molar-refractivity contribution < 1.29 is 23.6 Å². The molecule has 0 spiro atoms. The first-order chi connectivity index (χ1) is 17.4. The van der Waals surface area contributed by atoms with Crippen molar-refractivity contribution in [1.29, 1.82) is 0 Å². The van der Waals surface area contributed by atoms with Crippen LogP contribution in [0.2, 0.25) is 0 Å². The number of thiol groups is 1. The Kier molecular flexibility index (Phi) is 11.8. The Balaban J connectivity index is 3.52. The van der Waals surface area contributed by atoms with Crippen LogP contribution in [0.15, 0.2) is 29.3 Å². The second kappa shape index (κ2) is 13.4. The van der Waals surface area contributed by atoms with E-state index in [4.69, 9.17) is 20.4 Å². The molecule has 0 amide bonds. The number of aromatic hydroxyl groups is 1. The molecule has 0 aliphatic carbocycles. The molecular formula is C29H47N3O5S. The van der Waals surface area contributed by atoms with Crippen LogP contribution in [0.25, 0.3) is 0 Å².